The lowest BCUT2D eigenvalue weighted by atomic mass is 9.94. The highest BCUT2D eigenvalue weighted by Crippen LogP contribution is 2.33. The highest BCUT2D eigenvalue weighted by atomic mass is 79.9. The van der Waals surface area contributed by atoms with Gasteiger partial charge in [0.15, 0.2) is 0 Å². The summed E-state index contributed by atoms with van der Waals surface area (Å²) in [5.74, 6) is 5.86. The van der Waals surface area contributed by atoms with Crippen LogP contribution in [0.2, 0.25) is 0 Å². The highest BCUT2D eigenvalue weighted by molar-refractivity contribution is 9.10. The third-order valence-electron chi connectivity index (χ3n) is 3.73. The Morgan fingerprint density at radius 2 is 1.86 bits per heavy atom. The Bertz CT molecular complexity index is 781. The summed E-state index contributed by atoms with van der Waals surface area (Å²) >= 11 is 3.67. The lowest BCUT2D eigenvalue weighted by Crippen LogP contribution is -2.29. The summed E-state index contributed by atoms with van der Waals surface area (Å²) in [6.45, 7) is 2.08. The van der Waals surface area contributed by atoms with Crippen molar-refractivity contribution in [1.29, 1.82) is 0 Å². The van der Waals surface area contributed by atoms with E-state index in [2.05, 4.69) is 57.5 Å². The number of hydrogen-bond acceptors (Lipinski definition) is 3. The maximum absolute atomic E-state index is 5.86. The van der Waals surface area contributed by atoms with Gasteiger partial charge in [0.2, 0.25) is 0 Å². The van der Waals surface area contributed by atoms with Crippen molar-refractivity contribution in [2.24, 2.45) is 5.84 Å². The molecule has 3 rings (SSSR count). The van der Waals surface area contributed by atoms with Crippen molar-refractivity contribution in [2.45, 2.75) is 13.0 Å². The molecule has 3 nitrogen and oxygen atoms in total. The summed E-state index contributed by atoms with van der Waals surface area (Å²) < 4.78 is 1.08. The molecule has 1 unspecified atom stereocenters. The molecule has 3 aromatic rings. The second-order valence-electron chi connectivity index (χ2n) is 5.02. The van der Waals surface area contributed by atoms with Gasteiger partial charge in [-0.2, -0.15) is 0 Å². The fraction of sp³-hybridized carbons (Fsp3) is 0.118. The molecule has 2 aromatic carbocycles. The quantitative estimate of drug-likeness (QED) is 0.561. The van der Waals surface area contributed by atoms with Crippen LogP contribution in [0.15, 0.2) is 59.3 Å². The summed E-state index contributed by atoms with van der Waals surface area (Å²) in [7, 11) is 0. The van der Waals surface area contributed by atoms with Gasteiger partial charge in [0.1, 0.15) is 0 Å². The Morgan fingerprint density at radius 3 is 2.67 bits per heavy atom. The van der Waals surface area contributed by atoms with Gasteiger partial charge in [-0.25, -0.2) is 5.43 Å². The minimum Gasteiger partial charge on any atom is -0.271 e. The lowest BCUT2D eigenvalue weighted by Gasteiger charge is -2.21. The van der Waals surface area contributed by atoms with E-state index in [1.54, 1.807) is 6.20 Å². The summed E-state index contributed by atoms with van der Waals surface area (Å²) in [5, 5.41) is 2.27. The Morgan fingerprint density at radius 1 is 1.10 bits per heavy atom. The van der Waals surface area contributed by atoms with Crippen molar-refractivity contribution in [3.63, 3.8) is 0 Å². The number of nitrogens with two attached hydrogens (primary N) is 1. The van der Waals surface area contributed by atoms with E-state index in [-0.39, 0.29) is 6.04 Å². The molecule has 1 aromatic heterocycles. The summed E-state index contributed by atoms with van der Waals surface area (Å²) in [4.78, 5) is 4.24. The fourth-order valence-corrected chi connectivity index (χ4v) is 3.12. The van der Waals surface area contributed by atoms with Gasteiger partial charge in [0.05, 0.1) is 6.04 Å². The maximum atomic E-state index is 5.86. The number of hydrazine groups is 1. The predicted octanol–water partition coefficient (Wildman–Crippen LogP) is 3.86. The van der Waals surface area contributed by atoms with Gasteiger partial charge >= 0.3 is 0 Å². The van der Waals surface area contributed by atoms with E-state index >= 15 is 0 Å². The summed E-state index contributed by atoms with van der Waals surface area (Å²) in [5.41, 5.74) is 6.36. The number of nitrogens with one attached hydrogen (secondary N) is 1. The molecule has 1 atom stereocenters. The fourth-order valence-electron chi connectivity index (χ4n) is 2.63. The van der Waals surface area contributed by atoms with Gasteiger partial charge in [0, 0.05) is 22.3 Å². The molecule has 0 spiro atoms. The third-order valence-corrected chi connectivity index (χ3v) is 4.81. The van der Waals surface area contributed by atoms with Crippen molar-refractivity contribution < 1.29 is 0 Å². The molecule has 0 saturated heterocycles. The van der Waals surface area contributed by atoms with Gasteiger partial charge < -0.3 is 0 Å². The molecule has 0 bridgehead atoms. The molecule has 0 radical (unpaired) electrons. The van der Waals surface area contributed by atoms with Crippen LogP contribution in [-0.4, -0.2) is 4.98 Å². The first-order chi connectivity index (χ1) is 10.2. The standard InChI is InChI=1S/C17H16BrN3/c1-11-4-2-7-14(16(11)18)17(21-19)13-6-3-5-12-8-9-20-10-15(12)13/h2-10,17,21H,19H2,1H3. The zero-order valence-corrected chi connectivity index (χ0v) is 13.3. The number of rotatable bonds is 3. The molecule has 1 heterocycles. The largest absolute Gasteiger partial charge is 0.271 e. The molecule has 3 N–H and O–H groups in total. The van der Waals surface area contributed by atoms with Crippen LogP contribution in [0.3, 0.4) is 0 Å². The van der Waals surface area contributed by atoms with Gasteiger partial charge in [-0.15, -0.1) is 0 Å². The molecule has 4 heteroatoms. The number of aromatic nitrogens is 1. The molecular weight excluding hydrogens is 326 g/mol. The van der Waals surface area contributed by atoms with Crippen LogP contribution in [0, 0.1) is 6.92 Å². The number of fused-ring (bicyclic) bond motifs is 1. The van der Waals surface area contributed by atoms with Gasteiger partial charge in [-0.3, -0.25) is 10.8 Å². The van der Waals surface area contributed by atoms with Crippen molar-refractivity contribution in [3.8, 4) is 0 Å². The molecule has 0 aliphatic heterocycles. The smallest absolute Gasteiger partial charge is 0.0727 e. The first kappa shape index (κ1) is 14.2. The molecule has 0 saturated carbocycles. The van der Waals surface area contributed by atoms with Crippen LogP contribution in [0.4, 0.5) is 0 Å². The third kappa shape index (κ3) is 2.58. The van der Waals surface area contributed by atoms with E-state index < -0.39 is 0 Å². The van der Waals surface area contributed by atoms with E-state index in [1.807, 2.05) is 24.4 Å². The second kappa shape index (κ2) is 5.93. The van der Waals surface area contributed by atoms with Crippen LogP contribution < -0.4 is 11.3 Å². The van der Waals surface area contributed by atoms with Crippen LogP contribution in [0.1, 0.15) is 22.7 Å². The Kier molecular flexibility index (Phi) is 4.01. The van der Waals surface area contributed by atoms with Gasteiger partial charge in [-0.05, 0) is 35.1 Å². The molecule has 21 heavy (non-hydrogen) atoms. The highest BCUT2D eigenvalue weighted by Gasteiger charge is 2.18. The average Bonchev–Trinajstić information content (AvgIpc) is 2.52. The monoisotopic (exact) mass is 341 g/mol. The van der Waals surface area contributed by atoms with Crippen molar-refractivity contribution in [2.75, 3.05) is 0 Å². The minimum atomic E-state index is -0.0906. The zero-order chi connectivity index (χ0) is 14.8. The van der Waals surface area contributed by atoms with Crippen molar-refractivity contribution in [3.05, 3.63) is 76.0 Å². The first-order valence-electron chi connectivity index (χ1n) is 6.76. The normalized spacial score (nSPS) is 12.5. The van der Waals surface area contributed by atoms with Crippen LogP contribution >= 0.6 is 15.9 Å². The topological polar surface area (TPSA) is 50.9 Å². The lowest BCUT2D eigenvalue weighted by molar-refractivity contribution is 0.638. The number of aryl methyl sites for hydroxylation is 1. The maximum Gasteiger partial charge on any atom is 0.0727 e. The van der Waals surface area contributed by atoms with Crippen molar-refractivity contribution in [1.82, 2.24) is 10.4 Å². The van der Waals surface area contributed by atoms with Gasteiger partial charge in [0.25, 0.3) is 0 Å². The van der Waals surface area contributed by atoms with E-state index in [0.717, 1.165) is 26.4 Å². The van der Waals surface area contributed by atoms with Gasteiger partial charge in [-0.1, -0.05) is 52.3 Å². The molecular formula is C17H16BrN3. The van der Waals surface area contributed by atoms with E-state index in [0.29, 0.717) is 0 Å². The number of nitrogens with zero attached hydrogens (tertiary/aromatic N) is 1. The van der Waals surface area contributed by atoms with Crippen LogP contribution in [-0.2, 0) is 0 Å². The van der Waals surface area contributed by atoms with Crippen LogP contribution in [0.5, 0.6) is 0 Å². The van der Waals surface area contributed by atoms with Crippen molar-refractivity contribution >= 4 is 26.7 Å². The van der Waals surface area contributed by atoms with E-state index in [1.165, 1.54) is 5.56 Å². The molecule has 0 aliphatic rings. The van der Waals surface area contributed by atoms with Crippen LogP contribution in [0.25, 0.3) is 10.8 Å². The average molecular weight is 342 g/mol. The predicted molar refractivity (Wildman–Crippen MR) is 89.8 cm³/mol. The Labute approximate surface area is 132 Å². The summed E-state index contributed by atoms with van der Waals surface area (Å²) in [6.07, 6.45) is 3.69. The number of benzene rings is 2. The molecule has 106 valence electrons. The minimum absolute atomic E-state index is 0.0906. The first-order valence-corrected chi connectivity index (χ1v) is 7.55. The molecule has 0 aliphatic carbocycles. The zero-order valence-electron chi connectivity index (χ0n) is 11.7. The SMILES string of the molecule is Cc1cccc(C(NN)c2cccc3ccncc23)c1Br. The number of pyridine rings is 1. The second-order valence-corrected chi connectivity index (χ2v) is 5.81. The molecule has 0 fully saturated rings. The Hall–Kier alpha value is -1.75. The van der Waals surface area contributed by atoms with E-state index in [9.17, 15) is 0 Å². The number of halogens is 1. The Balaban J connectivity index is 2.21. The van der Waals surface area contributed by atoms with E-state index in [4.69, 9.17) is 5.84 Å². The summed E-state index contributed by atoms with van der Waals surface area (Å²) in [6, 6.07) is 14.3. The number of hydrogen-bond donors (Lipinski definition) is 2. The molecule has 0 amide bonds.